The van der Waals surface area contributed by atoms with Crippen LogP contribution in [0.4, 0.5) is 0 Å². The number of phenols is 1. The van der Waals surface area contributed by atoms with E-state index in [1.807, 2.05) is 0 Å². The summed E-state index contributed by atoms with van der Waals surface area (Å²) >= 11 is 0. The standard InChI is InChI=1S/C11H12O5/c1-4-10(12)16-7-5-8(14-2)11(13)9(6-7)15-3/h4-6,13H,1H2,2-3H3. The molecule has 0 saturated heterocycles. The lowest BCUT2D eigenvalue weighted by Crippen LogP contribution is -2.03. The van der Waals surface area contributed by atoms with Crippen molar-refractivity contribution in [2.24, 2.45) is 0 Å². The molecule has 0 saturated carbocycles. The van der Waals surface area contributed by atoms with E-state index in [4.69, 9.17) is 14.2 Å². The zero-order valence-corrected chi connectivity index (χ0v) is 9.02. The van der Waals surface area contributed by atoms with Crippen LogP contribution in [0.2, 0.25) is 0 Å². The van der Waals surface area contributed by atoms with E-state index in [-0.39, 0.29) is 23.0 Å². The van der Waals surface area contributed by atoms with E-state index in [9.17, 15) is 9.90 Å². The van der Waals surface area contributed by atoms with Crippen LogP contribution in [0.25, 0.3) is 0 Å². The highest BCUT2D eigenvalue weighted by Gasteiger charge is 2.13. The van der Waals surface area contributed by atoms with Crippen molar-refractivity contribution in [2.75, 3.05) is 14.2 Å². The fraction of sp³-hybridized carbons (Fsp3) is 0.182. The van der Waals surface area contributed by atoms with Crippen LogP contribution in [0.5, 0.6) is 23.0 Å². The summed E-state index contributed by atoms with van der Waals surface area (Å²) in [4.78, 5) is 11.0. The number of rotatable bonds is 4. The SMILES string of the molecule is C=CC(=O)Oc1cc(OC)c(O)c(OC)c1. The van der Waals surface area contributed by atoms with E-state index < -0.39 is 5.97 Å². The Morgan fingerprint density at radius 2 is 1.81 bits per heavy atom. The van der Waals surface area contributed by atoms with Crippen LogP contribution in [-0.2, 0) is 4.79 Å². The van der Waals surface area contributed by atoms with Crippen LogP contribution >= 0.6 is 0 Å². The smallest absolute Gasteiger partial charge is 0.335 e. The predicted molar refractivity (Wildman–Crippen MR) is 57.0 cm³/mol. The van der Waals surface area contributed by atoms with Gasteiger partial charge in [-0.25, -0.2) is 4.79 Å². The van der Waals surface area contributed by atoms with Gasteiger partial charge in [0, 0.05) is 18.2 Å². The van der Waals surface area contributed by atoms with Crippen molar-refractivity contribution in [2.45, 2.75) is 0 Å². The van der Waals surface area contributed by atoms with E-state index in [1.54, 1.807) is 0 Å². The van der Waals surface area contributed by atoms with Gasteiger partial charge in [0.1, 0.15) is 5.75 Å². The molecular formula is C11H12O5. The summed E-state index contributed by atoms with van der Waals surface area (Å²) in [6.45, 7) is 3.27. The molecule has 0 heterocycles. The quantitative estimate of drug-likeness (QED) is 0.477. The Bertz CT molecular complexity index is 386. The maximum Gasteiger partial charge on any atom is 0.335 e. The maximum absolute atomic E-state index is 11.0. The lowest BCUT2D eigenvalue weighted by Gasteiger charge is -2.10. The fourth-order valence-electron chi connectivity index (χ4n) is 1.09. The van der Waals surface area contributed by atoms with Crippen LogP contribution < -0.4 is 14.2 Å². The highest BCUT2D eigenvalue weighted by molar-refractivity contribution is 5.83. The molecule has 0 aliphatic carbocycles. The van der Waals surface area contributed by atoms with Crippen LogP contribution in [0, 0.1) is 0 Å². The normalized spacial score (nSPS) is 9.38. The Hall–Kier alpha value is -2.17. The fourth-order valence-corrected chi connectivity index (χ4v) is 1.09. The van der Waals surface area contributed by atoms with Crippen LogP contribution in [0.1, 0.15) is 0 Å². The molecule has 0 radical (unpaired) electrons. The van der Waals surface area contributed by atoms with Gasteiger partial charge in [0.05, 0.1) is 14.2 Å². The molecule has 86 valence electrons. The van der Waals surface area contributed by atoms with Gasteiger partial charge in [-0.1, -0.05) is 6.58 Å². The van der Waals surface area contributed by atoms with Crippen molar-refractivity contribution in [3.05, 3.63) is 24.8 Å². The predicted octanol–water partition coefficient (Wildman–Crippen LogP) is 1.50. The van der Waals surface area contributed by atoms with Crippen LogP contribution in [-0.4, -0.2) is 25.3 Å². The van der Waals surface area contributed by atoms with Crippen molar-refractivity contribution in [3.8, 4) is 23.0 Å². The van der Waals surface area contributed by atoms with E-state index in [0.29, 0.717) is 0 Å². The number of esters is 1. The number of hydrogen-bond donors (Lipinski definition) is 1. The average Bonchev–Trinajstić information content (AvgIpc) is 2.30. The van der Waals surface area contributed by atoms with E-state index >= 15 is 0 Å². The number of benzene rings is 1. The summed E-state index contributed by atoms with van der Waals surface area (Å²) in [5.74, 6) is -0.230. The van der Waals surface area contributed by atoms with Gasteiger partial charge in [-0.3, -0.25) is 0 Å². The van der Waals surface area contributed by atoms with Crippen LogP contribution in [0.15, 0.2) is 24.8 Å². The molecule has 0 aliphatic heterocycles. The number of carbonyl (C=O) groups excluding carboxylic acids is 1. The van der Waals surface area contributed by atoms with E-state index in [1.165, 1.54) is 26.4 Å². The van der Waals surface area contributed by atoms with Crippen molar-refractivity contribution in [1.29, 1.82) is 0 Å². The Kier molecular flexibility index (Phi) is 3.77. The van der Waals surface area contributed by atoms with Gasteiger partial charge >= 0.3 is 5.97 Å². The van der Waals surface area contributed by atoms with Crippen molar-refractivity contribution in [1.82, 2.24) is 0 Å². The molecule has 5 heteroatoms. The molecule has 0 aliphatic rings. The highest BCUT2D eigenvalue weighted by Crippen LogP contribution is 2.39. The number of hydrogen-bond acceptors (Lipinski definition) is 5. The summed E-state index contributed by atoms with van der Waals surface area (Å²) in [6, 6.07) is 2.75. The van der Waals surface area contributed by atoms with Crippen molar-refractivity contribution in [3.63, 3.8) is 0 Å². The number of phenolic OH excluding ortho intramolecular Hbond substituents is 1. The minimum Gasteiger partial charge on any atom is -0.502 e. The van der Waals surface area contributed by atoms with Gasteiger partial charge < -0.3 is 19.3 Å². The first-order valence-electron chi connectivity index (χ1n) is 4.41. The largest absolute Gasteiger partial charge is 0.502 e. The number of aromatic hydroxyl groups is 1. The summed E-state index contributed by atoms with van der Waals surface area (Å²) in [5, 5.41) is 9.59. The lowest BCUT2D eigenvalue weighted by atomic mass is 10.2. The highest BCUT2D eigenvalue weighted by atomic mass is 16.5. The second kappa shape index (κ2) is 5.06. The summed E-state index contributed by atoms with van der Waals surface area (Å²) in [5.41, 5.74) is 0. The third-order valence-corrected chi connectivity index (χ3v) is 1.84. The second-order valence-corrected chi connectivity index (χ2v) is 2.80. The zero-order chi connectivity index (χ0) is 12.1. The van der Waals surface area contributed by atoms with Gasteiger partial charge in [0.15, 0.2) is 11.5 Å². The molecule has 0 bridgehead atoms. The van der Waals surface area contributed by atoms with Gasteiger partial charge in [0.2, 0.25) is 5.75 Å². The molecule has 5 nitrogen and oxygen atoms in total. The topological polar surface area (TPSA) is 65.0 Å². The second-order valence-electron chi connectivity index (χ2n) is 2.80. The summed E-state index contributed by atoms with van der Waals surface area (Å²) in [6.07, 6.45) is 1.03. The minimum atomic E-state index is -0.602. The molecule has 1 rings (SSSR count). The number of methoxy groups -OCH3 is 2. The Morgan fingerprint density at radius 3 is 2.19 bits per heavy atom. The molecule has 0 aromatic heterocycles. The molecule has 0 unspecified atom stereocenters. The van der Waals surface area contributed by atoms with Gasteiger partial charge in [-0.05, 0) is 0 Å². The maximum atomic E-state index is 11.0. The minimum absolute atomic E-state index is 0.150. The summed E-state index contributed by atoms with van der Waals surface area (Å²) in [7, 11) is 2.77. The molecule has 1 N–H and O–H groups in total. The molecule has 0 amide bonds. The molecule has 16 heavy (non-hydrogen) atoms. The van der Waals surface area contributed by atoms with Gasteiger partial charge in [-0.2, -0.15) is 0 Å². The Balaban J connectivity index is 3.11. The van der Waals surface area contributed by atoms with Gasteiger partial charge in [0.25, 0.3) is 0 Å². The molecule has 0 fully saturated rings. The average molecular weight is 224 g/mol. The Morgan fingerprint density at radius 1 is 1.31 bits per heavy atom. The summed E-state index contributed by atoms with van der Waals surface area (Å²) < 4.78 is 14.7. The molecule has 1 aromatic carbocycles. The molecular weight excluding hydrogens is 212 g/mol. The van der Waals surface area contributed by atoms with E-state index in [0.717, 1.165) is 6.08 Å². The first-order chi connectivity index (χ1) is 7.62. The third kappa shape index (κ3) is 2.44. The number of carbonyl (C=O) groups is 1. The first kappa shape index (κ1) is 11.9. The number of ether oxygens (including phenoxy) is 3. The zero-order valence-electron chi connectivity index (χ0n) is 9.02. The first-order valence-corrected chi connectivity index (χ1v) is 4.41. The molecule has 0 spiro atoms. The van der Waals surface area contributed by atoms with Gasteiger partial charge in [-0.15, -0.1) is 0 Å². The third-order valence-electron chi connectivity index (χ3n) is 1.84. The van der Waals surface area contributed by atoms with Crippen LogP contribution in [0.3, 0.4) is 0 Å². The van der Waals surface area contributed by atoms with Crippen molar-refractivity contribution >= 4 is 5.97 Å². The lowest BCUT2D eigenvalue weighted by molar-refractivity contribution is -0.128. The molecule has 1 aromatic rings. The molecule has 0 atom stereocenters. The van der Waals surface area contributed by atoms with E-state index in [2.05, 4.69) is 6.58 Å². The van der Waals surface area contributed by atoms with Crippen molar-refractivity contribution < 1.29 is 24.1 Å². The Labute approximate surface area is 92.9 Å². The monoisotopic (exact) mass is 224 g/mol.